The predicted molar refractivity (Wildman–Crippen MR) is 130 cm³/mol. The van der Waals surface area contributed by atoms with Crippen molar-refractivity contribution in [2.75, 3.05) is 32.8 Å². The molecule has 2 atom stereocenters. The van der Waals surface area contributed by atoms with Crippen LogP contribution >= 0.6 is 0 Å². The van der Waals surface area contributed by atoms with Gasteiger partial charge in [0.05, 0.1) is 43.6 Å². The van der Waals surface area contributed by atoms with Crippen molar-refractivity contribution in [2.24, 2.45) is 10.9 Å². The van der Waals surface area contributed by atoms with Crippen molar-refractivity contribution in [1.82, 2.24) is 34.5 Å². The smallest absolute Gasteiger partial charge is 0.177 e. The molecule has 2 aliphatic heterocycles. The second kappa shape index (κ2) is 9.47. The van der Waals surface area contributed by atoms with Crippen LogP contribution in [0, 0.1) is 12.8 Å². The third-order valence-corrected chi connectivity index (χ3v) is 6.81. The van der Waals surface area contributed by atoms with Gasteiger partial charge in [-0.3, -0.25) is 14.6 Å². The van der Waals surface area contributed by atoms with Gasteiger partial charge in [-0.15, -0.1) is 10.2 Å². The van der Waals surface area contributed by atoms with Crippen LogP contribution in [-0.4, -0.2) is 79.6 Å². The minimum Gasteiger partial charge on any atom is -0.379 e. The van der Waals surface area contributed by atoms with Gasteiger partial charge < -0.3 is 4.74 Å². The molecule has 0 N–H and O–H groups in total. The van der Waals surface area contributed by atoms with E-state index in [1.165, 1.54) is 10.6 Å². The number of allylic oxidation sites excluding steroid dienone is 3. The molecule has 0 amide bonds. The van der Waals surface area contributed by atoms with E-state index in [1.807, 2.05) is 29.9 Å². The van der Waals surface area contributed by atoms with Crippen LogP contribution < -0.4 is 0 Å². The first-order valence-electron chi connectivity index (χ1n) is 12.1. The summed E-state index contributed by atoms with van der Waals surface area (Å²) in [4.78, 5) is 6.79. The van der Waals surface area contributed by atoms with E-state index < -0.39 is 23.6 Å². The molecule has 11 heteroatoms. The Morgan fingerprint density at radius 3 is 2.81 bits per heavy atom. The summed E-state index contributed by atoms with van der Waals surface area (Å²) in [7, 11) is 0. The summed E-state index contributed by atoms with van der Waals surface area (Å²) in [6, 6.07) is 2.97. The molecule has 6 rings (SSSR count). The zero-order valence-corrected chi connectivity index (χ0v) is 19.9. The Kier molecular flexibility index (Phi) is 6.02. The van der Waals surface area contributed by atoms with Crippen LogP contribution in [0.4, 0.5) is 8.78 Å². The van der Waals surface area contributed by atoms with E-state index in [0.29, 0.717) is 11.5 Å². The Bertz CT molecular complexity index is 1410. The Morgan fingerprint density at radius 2 is 1.94 bits per heavy atom. The number of ether oxygens (including phenoxy) is 1. The first kappa shape index (κ1) is 22.9. The van der Waals surface area contributed by atoms with Gasteiger partial charge in [0.25, 0.3) is 0 Å². The molecule has 0 spiro atoms. The number of morpholine rings is 1. The summed E-state index contributed by atoms with van der Waals surface area (Å²) in [5.74, 6) is -1.47. The summed E-state index contributed by atoms with van der Waals surface area (Å²) < 4.78 is 39.5. The maximum Gasteiger partial charge on any atom is 0.177 e. The van der Waals surface area contributed by atoms with Crippen LogP contribution in [0.25, 0.3) is 11.2 Å². The Balaban J connectivity index is 1.22. The highest BCUT2D eigenvalue weighted by Gasteiger charge is 2.34. The molecule has 0 radical (unpaired) electrons. The number of hydrogen-bond donors (Lipinski definition) is 0. The number of dihydropyridines is 1. The van der Waals surface area contributed by atoms with Crippen molar-refractivity contribution in [3.05, 3.63) is 71.0 Å². The summed E-state index contributed by atoms with van der Waals surface area (Å²) in [6.07, 6.45) is 8.50. The van der Waals surface area contributed by atoms with Gasteiger partial charge in [-0.1, -0.05) is 6.08 Å². The monoisotopic (exact) mass is 492 g/mol. The van der Waals surface area contributed by atoms with Crippen LogP contribution in [-0.2, 0) is 17.7 Å². The number of rotatable bonds is 6. The molecule has 3 aromatic rings. The van der Waals surface area contributed by atoms with Gasteiger partial charge in [-0.25, -0.2) is 8.78 Å². The van der Waals surface area contributed by atoms with Gasteiger partial charge in [-0.05, 0) is 30.7 Å². The van der Waals surface area contributed by atoms with E-state index in [0.717, 1.165) is 56.2 Å². The quantitative estimate of drug-likeness (QED) is 0.526. The van der Waals surface area contributed by atoms with Crippen LogP contribution in [0.1, 0.15) is 17.1 Å². The van der Waals surface area contributed by atoms with Gasteiger partial charge in [0, 0.05) is 49.6 Å². The molecule has 186 valence electrons. The van der Waals surface area contributed by atoms with Gasteiger partial charge in [0.15, 0.2) is 11.5 Å². The number of hydrogen-bond acceptors (Lipinski definition) is 7. The Hall–Kier alpha value is -3.57. The Labute approximate surface area is 206 Å². The molecule has 0 saturated carbocycles. The van der Waals surface area contributed by atoms with E-state index in [1.54, 1.807) is 18.5 Å². The van der Waals surface area contributed by atoms with Crippen molar-refractivity contribution in [3.8, 4) is 0 Å². The van der Waals surface area contributed by atoms with Crippen LogP contribution in [0.15, 0.2) is 58.9 Å². The third kappa shape index (κ3) is 4.40. The number of aliphatic imine (C=N–C) groups is 1. The molecular formula is C25H26F2N8O. The summed E-state index contributed by atoms with van der Waals surface area (Å²) >= 11 is 0. The minimum atomic E-state index is -0.690. The van der Waals surface area contributed by atoms with Gasteiger partial charge >= 0.3 is 0 Å². The molecule has 1 aliphatic carbocycles. The maximum atomic E-state index is 15.7. The number of fused-ring (bicyclic) bond motifs is 2. The lowest BCUT2D eigenvalue weighted by Crippen LogP contribution is -2.38. The van der Waals surface area contributed by atoms with Crippen molar-refractivity contribution in [2.45, 2.75) is 25.9 Å². The van der Waals surface area contributed by atoms with Gasteiger partial charge in [0.2, 0.25) is 0 Å². The van der Waals surface area contributed by atoms with E-state index in [-0.39, 0.29) is 12.0 Å². The summed E-state index contributed by atoms with van der Waals surface area (Å²) in [5.41, 5.74) is 2.88. The topological polar surface area (TPSA) is 85.7 Å². The van der Waals surface area contributed by atoms with E-state index in [9.17, 15) is 4.39 Å². The molecule has 36 heavy (non-hydrogen) atoms. The molecule has 2 unspecified atom stereocenters. The summed E-state index contributed by atoms with van der Waals surface area (Å²) in [6.45, 7) is 6.85. The summed E-state index contributed by atoms with van der Waals surface area (Å²) in [5, 5.41) is 17.0. The minimum absolute atomic E-state index is 0.0391. The largest absolute Gasteiger partial charge is 0.379 e. The highest BCUT2D eigenvalue weighted by atomic mass is 19.1. The lowest BCUT2D eigenvalue weighted by molar-refractivity contribution is 0.0360. The first-order valence-corrected chi connectivity index (χ1v) is 12.1. The number of aromatic nitrogens is 6. The molecule has 1 fully saturated rings. The van der Waals surface area contributed by atoms with E-state index >= 15 is 4.39 Å². The predicted octanol–water partition coefficient (Wildman–Crippen LogP) is 2.75. The molecule has 3 aliphatic rings. The lowest BCUT2D eigenvalue weighted by atomic mass is 9.85. The number of halogens is 2. The van der Waals surface area contributed by atoms with E-state index in [2.05, 4.69) is 30.3 Å². The highest BCUT2D eigenvalue weighted by Crippen LogP contribution is 2.39. The maximum absolute atomic E-state index is 15.7. The standard InChI is InChI=1S/C25H26F2N8O/c1-16-2-3-23-30-31-24(35(23)32-16)11-19-21(26)12-22-20(25(19)27)10-17(13-28-22)18-14-29-34(15-18)5-4-33-6-8-36-9-7-33/h2-3,10,12-15,20,22H,4-9,11H2,1H3. The zero-order valence-electron chi connectivity index (χ0n) is 19.9. The number of nitrogens with zero attached hydrogens (tertiary/aromatic N) is 8. The lowest BCUT2D eigenvalue weighted by Gasteiger charge is -2.27. The highest BCUT2D eigenvalue weighted by molar-refractivity contribution is 6.10. The van der Waals surface area contributed by atoms with Crippen molar-refractivity contribution < 1.29 is 13.5 Å². The Morgan fingerprint density at radius 1 is 1.08 bits per heavy atom. The van der Waals surface area contributed by atoms with Crippen LogP contribution in [0.5, 0.6) is 0 Å². The second-order valence-corrected chi connectivity index (χ2v) is 9.24. The fourth-order valence-electron chi connectivity index (χ4n) is 4.77. The fourth-order valence-corrected chi connectivity index (χ4v) is 4.77. The van der Waals surface area contributed by atoms with Crippen LogP contribution in [0.3, 0.4) is 0 Å². The normalized spacial score (nSPS) is 22.6. The average Bonchev–Trinajstić information content (AvgIpc) is 3.53. The SMILES string of the molecule is Cc1ccc2nnc(CC3=C(F)C4C=C(c5cnn(CCN6CCOCC6)c5)C=NC4C=C3F)n2n1. The molecule has 1 saturated heterocycles. The zero-order chi connectivity index (χ0) is 24.6. The van der Waals surface area contributed by atoms with Crippen LogP contribution in [0.2, 0.25) is 0 Å². The molecule has 5 heterocycles. The average molecular weight is 493 g/mol. The second-order valence-electron chi connectivity index (χ2n) is 9.24. The molecule has 0 bridgehead atoms. The van der Waals surface area contributed by atoms with Gasteiger partial charge in [-0.2, -0.15) is 14.7 Å². The molecule has 3 aromatic heterocycles. The third-order valence-electron chi connectivity index (χ3n) is 6.81. The van der Waals surface area contributed by atoms with Crippen molar-refractivity contribution >= 4 is 17.4 Å². The van der Waals surface area contributed by atoms with Crippen molar-refractivity contribution in [1.29, 1.82) is 0 Å². The van der Waals surface area contributed by atoms with Crippen molar-refractivity contribution in [3.63, 3.8) is 0 Å². The van der Waals surface area contributed by atoms with Gasteiger partial charge in [0.1, 0.15) is 11.7 Å². The number of aryl methyl sites for hydroxylation is 1. The fraction of sp³-hybridized carbons (Fsp3) is 0.400. The first-order chi connectivity index (χ1) is 17.5. The van der Waals surface area contributed by atoms with E-state index in [4.69, 9.17) is 4.74 Å². The molecule has 9 nitrogen and oxygen atoms in total. The molecule has 0 aromatic carbocycles. The molecular weight excluding hydrogens is 466 g/mol.